The van der Waals surface area contributed by atoms with Gasteiger partial charge in [-0.25, -0.2) is 4.39 Å². The Morgan fingerprint density at radius 1 is 1.04 bits per heavy atom. The van der Waals surface area contributed by atoms with Crippen LogP contribution in [0.3, 0.4) is 0 Å². The van der Waals surface area contributed by atoms with Crippen LogP contribution >= 0.6 is 0 Å². The zero-order valence-electron chi connectivity index (χ0n) is 15.4. The number of phenolic OH excluding ortho intramolecular Hbond substituents is 3. The van der Waals surface area contributed by atoms with E-state index >= 15 is 0 Å². The number of carbonyl (C=O) groups excluding carboxylic acids is 1. The molecule has 0 aromatic heterocycles. The summed E-state index contributed by atoms with van der Waals surface area (Å²) >= 11 is 0. The summed E-state index contributed by atoms with van der Waals surface area (Å²) in [6.07, 6.45) is 3.79. The number of halogens is 1. The van der Waals surface area contributed by atoms with Crippen LogP contribution in [0.15, 0.2) is 30.3 Å². The van der Waals surface area contributed by atoms with Crippen molar-refractivity contribution in [3.8, 4) is 23.0 Å². The molecule has 0 saturated heterocycles. The molecule has 0 aliphatic heterocycles. The van der Waals surface area contributed by atoms with Crippen LogP contribution in [0.4, 0.5) is 4.39 Å². The molecule has 0 aliphatic rings. The molecule has 0 unspecified atom stereocenters. The summed E-state index contributed by atoms with van der Waals surface area (Å²) < 4.78 is 19.4. The van der Waals surface area contributed by atoms with Gasteiger partial charge >= 0.3 is 0 Å². The molecule has 146 valence electrons. The molecule has 5 nitrogen and oxygen atoms in total. The lowest BCUT2D eigenvalue weighted by Crippen LogP contribution is -2.04. The predicted molar refractivity (Wildman–Crippen MR) is 100 cm³/mol. The zero-order valence-corrected chi connectivity index (χ0v) is 15.4. The van der Waals surface area contributed by atoms with Crippen molar-refractivity contribution < 1.29 is 29.2 Å². The van der Waals surface area contributed by atoms with Gasteiger partial charge < -0.3 is 20.1 Å². The Balaban J connectivity index is 1.76. The number of benzene rings is 2. The van der Waals surface area contributed by atoms with Crippen molar-refractivity contribution in [2.24, 2.45) is 0 Å². The van der Waals surface area contributed by atoms with Crippen molar-refractivity contribution in [2.75, 3.05) is 6.61 Å². The van der Waals surface area contributed by atoms with Crippen molar-refractivity contribution in [3.05, 3.63) is 47.3 Å². The third kappa shape index (κ3) is 5.61. The van der Waals surface area contributed by atoms with E-state index in [-0.39, 0.29) is 17.7 Å². The van der Waals surface area contributed by atoms with E-state index in [2.05, 4.69) is 0 Å². The molecule has 0 fully saturated rings. The Labute approximate surface area is 158 Å². The van der Waals surface area contributed by atoms with Crippen LogP contribution in [-0.2, 0) is 6.42 Å². The highest BCUT2D eigenvalue weighted by Crippen LogP contribution is 2.30. The lowest BCUT2D eigenvalue weighted by Gasteiger charge is -2.12. The second-order valence-electron chi connectivity index (χ2n) is 6.41. The summed E-state index contributed by atoms with van der Waals surface area (Å²) in [6.45, 7) is 2.49. The van der Waals surface area contributed by atoms with Crippen molar-refractivity contribution >= 4 is 5.78 Å². The molecule has 0 aliphatic carbocycles. The molecule has 0 heterocycles. The largest absolute Gasteiger partial charge is 0.508 e. The molecule has 0 atom stereocenters. The molecule has 6 heteroatoms. The maximum absolute atomic E-state index is 13.7. The van der Waals surface area contributed by atoms with Gasteiger partial charge in [0.05, 0.1) is 12.2 Å². The Kier molecular flexibility index (Phi) is 7.46. The van der Waals surface area contributed by atoms with E-state index in [0.717, 1.165) is 43.4 Å². The molecular formula is C21H25FO5. The van der Waals surface area contributed by atoms with Gasteiger partial charge in [0.1, 0.15) is 17.3 Å². The molecular weight excluding hydrogens is 351 g/mol. The van der Waals surface area contributed by atoms with Crippen LogP contribution in [-0.4, -0.2) is 27.7 Å². The van der Waals surface area contributed by atoms with E-state index in [1.54, 1.807) is 12.1 Å². The first-order chi connectivity index (χ1) is 12.9. The summed E-state index contributed by atoms with van der Waals surface area (Å²) in [5.74, 6) is -1.45. The number of carbonyl (C=O) groups is 1. The Morgan fingerprint density at radius 2 is 1.78 bits per heavy atom. The number of ether oxygens (including phenoxy) is 1. The molecule has 0 amide bonds. The van der Waals surface area contributed by atoms with Gasteiger partial charge in [-0.2, -0.15) is 0 Å². The van der Waals surface area contributed by atoms with Gasteiger partial charge in [0, 0.05) is 18.1 Å². The van der Waals surface area contributed by atoms with Crippen molar-refractivity contribution in [3.63, 3.8) is 0 Å². The number of unbranched alkanes of at least 4 members (excludes halogenated alkanes) is 2. The third-order valence-electron chi connectivity index (χ3n) is 4.28. The fraction of sp³-hybridized carbons (Fsp3) is 0.381. The van der Waals surface area contributed by atoms with Crippen LogP contribution in [0, 0.1) is 5.82 Å². The number of hydrogen-bond acceptors (Lipinski definition) is 5. The molecule has 2 aromatic rings. The molecule has 0 radical (unpaired) electrons. The average molecular weight is 376 g/mol. The number of rotatable bonds is 10. The van der Waals surface area contributed by atoms with Gasteiger partial charge in [-0.1, -0.05) is 19.4 Å². The summed E-state index contributed by atoms with van der Waals surface area (Å²) in [7, 11) is 0. The van der Waals surface area contributed by atoms with Crippen LogP contribution in [0.1, 0.15) is 54.9 Å². The summed E-state index contributed by atoms with van der Waals surface area (Å²) in [6, 6.07) is 6.90. The SMILES string of the molecule is CCCc1c(O)cccc1OCCCCCC(=O)c1cc(O)c(O)cc1F. The minimum atomic E-state index is -0.842. The van der Waals surface area contributed by atoms with Crippen LogP contribution in [0.25, 0.3) is 0 Å². The third-order valence-corrected chi connectivity index (χ3v) is 4.28. The highest BCUT2D eigenvalue weighted by molar-refractivity contribution is 5.96. The molecule has 2 aromatic carbocycles. The normalized spacial score (nSPS) is 10.7. The van der Waals surface area contributed by atoms with E-state index in [1.807, 2.05) is 13.0 Å². The number of ketones is 1. The van der Waals surface area contributed by atoms with E-state index in [1.165, 1.54) is 0 Å². The predicted octanol–water partition coefficient (Wildman–Crippen LogP) is 4.72. The molecule has 3 N–H and O–H groups in total. The molecule has 0 bridgehead atoms. The second-order valence-corrected chi connectivity index (χ2v) is 6.41. The van der Waals surface area contributed by atoms with Crippen molar-refractivity contribution in [1.29, 1.82) is 0 Å². The summed E-state index contributed by atoms with van der Waals surface area (Å²) in [4.78, 5) is 12.0. The lowest BCUT2D eigenvalue weighted by molar-refractivity contribution is 0.0974. The van der Waals surface area contributed by atoms with Crippen LogP contribution < -0.4 is 4.74 Å². The van der Waals surface area contributed by atoms with Crippen molar-refractivity contribution in [2.45, 2.75) is 45.4 Å². The lowest BCUT2D eigenvalue weighted by atomic mass is 10.0. The maximum atomic E-state index is 13.7. The van der Waals surface area contributed by atoms with Gasteiger partial charge in [0.15, 0.2) is 17.3 Å². The topological polar surface area (TPSA) is 87.0 Å². The van der Waals surface area contributed by atoms with E-state index in [0.29, 0.717) is 18.8 Å². The first-order valence-electron chi connectivity index (χ1n) is 9.12. The van der Waals surface area contributed by atoms with Crippen molar-refractivity contribution in [1.82, 2.24) is 0 Å². The molecule has 2 rings (SSSR count). The van der Waals surface area contributed by atoms with Gasteiger partial charge in [0.2, 0.25) is 0 Å². The number of hydrogen-bond donors (Lipinski definition) is 3. The van der Waals surface area contributed by atoms with Gasteiger partial charge in [0.25, 0.3) is 0 Å². The molecule has 0 saturated carbocycles. The fourth-order valence-electron chi connectivity index (χ4n) is 2.84. The number of Topliss-reactive ketones (excluding diaryl/α,β-unsaturated/α-hetero) is 1. The monoisotopic (exact) mass is 376 g/mol. The number of phenols is 3. The zero-order chi connectivity index (χ0) is 19.8. The Bertz CT molecular complexity index is 788. The summed E-state index contributed by atoms with van der Waals surface area (Å²) in [5, 5.41) is 28.5. The molecule has 27 heavy (non-hydrogen) atoms. The van der Waals surface area contributed by atoms with Gasteiger partial charge in [-0.15, -0.1) is 0 Å². The van der Waals surface area contributed by atoms with Gasteiger partial charge in [-0.3, -0.25) is 4.79 Å². The Morgan fingerprint density at radius 3 is 2.52 bits per heavy atom. The molecule has 0 spiro atoms. The number of aromatic hydroxyl groups is 3. The van der Waals surface area contributed by atoms with E-state index < -0.39 is 23.1 Å². The van der Waals surface area contributed by atoms with Gasteiger partial charge in [-0.05, 0) is 43.9 Å². The first-order valence-corrected chi connectivity index (χ1v) is 9.12. The van der Waals surface area contributed by atoms with E-state index in [4.69, 9.17) is 4.74 Å². The maximum Gasteiger partial charge on any atom is 0.165 e. The summed E-state index contributed by atoms with van der Waals surface area (Å²) in [5.41, 5.74) is 0.586. The van der Waals surface area contributed by atoms with Crippen LogP contribution in [0.5, 0.6) is 23.0 Å². The highest BCUT2D eigenvalue weighted by Gasteiger charge is 2.15. The minimum Gasteiger partial charge on any atom is -0.508 e. The highest BCUT2D eigenvalue weighted by atomic mass is 19.1. The second kappa shape index (κ2) is 9.80. The minimum absolute atomic E-state index is 0.147. The van der Waals surface area contributed by atoms with E-state index in [9.17, 15) is 24.5 Å². The smallest absolute Gasteiger partial charge is 0.165 e. The van der Waals surface area contributed by atoms with Crippen LogP contribution in [0.2, 0.25) is 0 Å². The quantitative estimate of drug-likeness (QED) is 0.317. The standard InChI is InChI=1S/C21H25FO5/c1-2-7-14-17(23)9-6-10-21(14)27-11-5-3-4-8-18(24)15-12-19(25)20(26)13-16(15)22/h6,9-10,12-13,23,25-26H,2-5,7-8,11H2,1H3. The first kappa shape index (κ1) is 20.6. The average Bonchev–Trinajstić information content (AvgIpc) is 2.63. The Hall–Kier alpha value is -2.76. The fourth-order valence-corrected chi connectivity index (χ4v) is 2.84.